The van der Waals surface area contributed by atoms with Crippen LogP contribution in [0.1, 0.15) is 323 Å². The smallest absolute Gasteiger partial charge is 0.306 e. The van der Waals surface area contributed by atoms with Gasteiger partial charge in [0, 0.05) is 19.3 Å². The molecule has 0 spiro atoms. The molecule has 0 aliphatic heterocycles. The quantitative estimate of drug-likeness (QED) is 0.0261. The van der Waals surface area contributed by atoms with E-state index < -0.39 is 6.10 Å². The lowest BCUT2D eigenvalue weighted by atomic mass is 10.0. The summed E-state index contributed by atoms with van der Waals surface area (Å²) in [5.41, 5.74) is 0. The number of esters is 3. The summed E-state index contributed by atoms with van der Waals surface area (Å²) in [6, 6.07) is 0. The number of carbonyl (C=O) groups is 3. The Balaban J connectivity index is 4.36. The molecule has 408 valence electrons. The van der Waals surface area contributed by atoms with Crippen molar-refractivity contribution in [3.63, 3.8) is 0 Å². The highest BCUT2D eigenvalue weighted by molar-refractivity contribution is 5.71. The number of allylic oxidation sites excluding steroid dienone is 8. The molecule has 0 aromatic rings. The maximum Gasteiger partial charge on any atom is 0.306 e. The number of carbonyl (C=O) groups excluding carboxylic acids is 3. The second-order valence-electron chi connectivity index (χ2n) is 20.6. The molecule has 6 heteroatoms. The fraction of sp³-hybridized carbons (Fsp3) is 0.828. The van der Waals surface area contributed by atoms with Crippen molar-refractivity contribution in [2.45, 2.75) is 329 Å². The predicted molar refractivity (Wildman–Crippen MR) is 302 cm³/mol. The largest absolute Gasteiger partial charge is 0.462 e. The minimum atomic E-state index is -0.777. The summed E-state index contributed by atoms with van der Waals surface area (Å²) in [6.07, 6.45) is 72.4. The number of ether oxygens (including phenoxy) is 3. The van der Waals surface area contributed by atoms with Crippen LogP contribution in [0, 0.1) is 0 Å². The molecule has 0 saturated carbocycles. The van der Waals surface area contributed by atoms with Crippen molar-refractivity contribution in [2.24, 2.45) is 0 Å². The van der Waals surface area contributed by atoms with E-state index >= 15 is 0 Å². The van der Waals surface area contributed by atoms with Gasteiger partial charge in [-0.1, -0.05) is 268 Å². The zero-order valence-corrected chi connectivity index (χ0v) is 46.8. The summed E-state index contributed by atoms with van der Waals surface area (Å²) < 4.78 is 16.9. The predicted octanol–water partition coefficient (Wildman–Crippen LogP) is 20.6. The first-order chi connectivity index (χ1) is 34.5. The molecule has 0 bridgehead atoms. The van der Waals surface area contributed by atoms with Gasteiger partial charge in [0.2, 0.25) is 0 Å². The summed E-state index contributed by atoms with van der Waals surface area (Å²) in [7, 11) is 0. The van der Waals surface area contributed by atoms with Crippen molar-refractivity contribution in [3.05, 3.63) is 48.6 Å². The van der Waals surface area contributed by atoms with E-state index in [0.717, 1.165) is 77.0 Å². The van der Waals surface area contributed by atoms with E-state index in [2.05, 4.69) is 69.4 Å². The van der Waals surface area contributed by atoms with Crippen LogP contribution in [0.25, 0.3) is 0 Å². The van der Waals surface area contributed by atoms with Crippen LogP contribution in [0.2, 0.25) is 0 Å². The maximum absolute atomic E-state index is 12.9. The van der Waals surface area contributed by atoms with Crippen molar-refractivity contribution in [3.8, 4) is 0 Å². The van der Waals surface area contributed by atoms with Crippen molar-refractivity contribution in [1.29, 1.82) is 0 Å². The Labute approximate surface area is 435 Å². The van der Waals surface area contributed by atoms with Gasteiger partial charge in [0.05, 0.1) is 0 Å². The van der Waals surface area contributed by atoms with E-state index in [1.165, 1.54) is 205 Å². The second-order valence-corrected chi connectivity index (χ2v) is 20.6. The molecular formula is C64H116O6. The van der Waals surface area contributed by atoms with Crippen molar-refractivity contribution in [1.82, 2.24) is 0 Å². The molecule has 0 amide bonds. The number of hydrogen-bond acceptors (Lipinski definition) is 6. The van der Waals surface area contributed by atoms with E-state index in [9.17, 15) is 14.4 Å². The highest BCUT2D eigenvalue weighted by atomic mass is 16.6. The third-order valence-electron chi connectivity index (χ3n) is 13.6. The fourth-order valence-corrected chi connectivity index (χ4v) is 8.92. The lowest BCUT2D eigenvalue weighted by molar-refractivity contribution is -0.167. The Morgan fingerprint density at radius 2 is 0.514 bits per heavy atom. The van der Waals surface area contributed by atoms with E-state index in [1.807, 2.05) is 0 Å². The molecule has 0 N–H and O–H groups in total. The first kappa shape index (κ1) is 67.4. The van der Waals surface area contributed by atoms with E-state index in [1.54, 1.807) is 0 Å². The van der Waals surface area contributed by atoms with Crippen LogP contribution < -0.4 is 0 Å². The number of hydrogen-bond donors (Lipinski definition) is 0. The summed E-state index contributed by atoms with van der Waals surface area (Å²) in [6.45, 7) is 6.63. The number of unbranched alkanes of at least 4 members (excludes halogenated alkanes) is 37. The van der Waals surface area contributed by atoms with E-state index in [-0.39, 0.29) is 31.1 Å². The molecule has 0 fully saturated rings. The average molecular weight is 982 g/mol. The van der Waals surface area contributed by atoms with Gasteiger partial charge in [-0.05, 0) is 83.5 Å². The van der Waals surface area contributed by atoms with Crippen LogP contribution in [-0.2, 0) is 28.6 Å². The Morgan fingerprint density at radius 1 is 0.286 bits per heavy atom. The van der Waals surface area contributed by atoms with Crippen LogP contribution >= 0.6 is 0 Å². The Hall–Kier alpha value is -2.63. The van der Waals surface area contributed by atoms with Crippen LogP contribution in [0.5, 0.6) is 0 Å². The van der Waals surface area contributed by atoms with Crippen molar-refractivity contribution >= 4 is 17.9 Å². The molecule has 0 saturated heterocycles. The lowest BCUT2D eigenvalue weighted by Crippen LogP contribution is -2.30. The number of rotatable bonds is 56. The maximum atomic E-state index is 12.9. The summed E-state index contributed by atoms with van der Waals surface area (Å²) in [4.78, 5) is 38.3. The normalized spacial score (nSPS) is 12.3. The average Bonchev–Trinajstić information content (AvgIpc) is 3.36. The van der Waals surface area contributed by atoms with Gasteiger partial charge in [-0.25, -0.2) is 0 Å². The van der Waals surface area contributed by atoms with Crippen LogP contribution in [0.15, 0.2) is 48.6 Å². The molecule has 0 heterocycles. The second kappa shape index (κ2) is 58.9. The van der Waals surface area contributed by atoms with Gasteiger partial charge in [-0.3, -0.25) is 14.4 Å². The third-order valence-corrected chi connectivity index (χ3v) is 13.6. The fourth-order valence-electron chi connectivity index (χ4n) is 8.92. The highest BCUT2D eigenvalue weighted by Crippen LogP contribution is 2.17. The van der Waals surface area contributed by atoms with Gasteiger partial charge in [0.15, 0.2) is 6.10 Å². The van der Waals surface area contributed by atoms with Crippen molar-refractivity contribution in [2.75, 3.05) is 13.2 Å². The standard InChI is InChI=1S/C64H116O6/c1-4-7-10-13-16-19-22-25-28-31-32-34-36-39-42-45-48-51-54-57-63(66)69-60-61(59-68-62(65)56-53-50-47-44-41-38-35-30-27-24-21-18-15-12-9-6-3)70-64(67)58-55-52-49-46-43-40-37-33-29-26-23-20-17-14-11-8-5-2/h16-17,19-20,25-26,28-29,61H,4-15,18,21-24,27,30-60H2,1-3H3/b19-16+,20-17+,28-25+,29-26+/t61-/m1/s1. The summed E-state index contributed by atoms with van der Waals surface area (Å²) in [5.74, 6) is -0.868. The molecule has 0 aliphatic carbocycles. The topological polar surface area (TPSA) is 78.9 Å². The summed E-state index contributed by atoms with van der Waals surface area (Å²) in [5, 5.41) is 0. The summed E-state index contributed by atoms with van der Waals surface area (Å²) >= 11 is 0. The minimum absolute atomic E-state index is 0.0742. The van der Waals surface area contributed by atoms with Gasteiger partial charge in [0.25, 0.3) is 0 Å². The molecule has 0 rings (SSSR count). The Morgan fingerprint density at radius 3 is 0.814 bits per heavy atom. The Bertz CT molecular complexity index is 1220. The molecule has 1 atom stereocenters. The van der Waals surface area contributed by atoms with Gasteiger partial charge >= 0.3 is 17.9 Å². The molecule has 70 heavy (non-hydrogen) atoms. The molecule has 0 radical (unpaired) electrons. The SMILES string of the molecule is CCCCC/C=C/C/C=C/CCCCCCCCCCCC(=O)OC[C@@H](COC(=O)CCCCCCCCCCCCCCCCCC)OC(=O)CCCCCCCCC/C=C/C/C=C/CCCCC. The molecule has 6 nitrogen and oxygen atoms in total. The molecular weight excluding hydrogens is 865 g/mol. The highest BCUT2D eigenvalue weighted by Gasteiger charge is 2.19. The Kier molecular flexibility index (Phi) is 56.7. The van der Waals surface area contributed by atoms with Crippen LogP contribution in [-0.4, -0.2) is 37.2 Å². The first-order valence-corrected chi connectivity index (χ1v) is 30.6. The third kappa shape index (κ3) is 56.3. The molecule has 0 unspecified atom stereocenters. The molecule has 0 aromatic carbocycles. The minimum Gasteiger partial charge on any atom is -0.462 e. The van der Waals surface area contributed by atoms with Gasteiger partial charge in [-0.15, -0.1) is 0 Å². The monoisotopic (exact) mass is 981 g/mol. The van der Waals surface area contributed by atoms with Gasteiger partial charge in [-0.2, -0.15) is 0 Å². The van der Waals surface area contributed by atoms with E-state index in [0.29, 0.717) is 19.3 Å². The zero-order valence-electron chi connectivity index (χ0n) is 46.8. The van der Waals surface area contributed by atoms with E-state index in [4.69, 9.17) is 14.2 Å². The van der Waals surface area contributed by atoms with Crippen LogP contribution in [0.4, 0.5) is 0 Å². The van der Waals surface area contributed by atoms with Crippen LogP contribution in [0.3, 0.4) is 0 Å². The van der Waals surface area contributed by atoms with Gasteiger partial charge < -0.3 is 14.2 Å². The first-order valence-electron chi connectivity index (χ1n) is 30.6. The lowest BCUT2D eigenvalue weighted by Gasteiger charge is -2.18. The van der Waals surface area contributed by atoms with Crippen molar-refractivity contribution < 1.29 is 28.6 Å². The molecule has 0 aromatic heterocycles. The zero-order chi connectivity index (χ0) is 50.7. The van der Waals surface area contributed by atoms with Gasteiger partial charge in [0.1, 0.15) is 13.2 Å². The molecule has 0 aliphatic rings.